The zero-order chi connectivity index (χ0) is 19.2. The van der Waals surface area contributed by atoms with E-state index in [2.05, 4.69) is 56.3 Å². The van der Waals surface area contributed by atoms with Crippen LogP contribution in [0.4, 0.5) is 5.13 Å². The number of aromatic nitrogens is 1. The Balaban J connectivity index is 1.73. The minimum absolute atomic E-state index is 0.110. The summed E-state index contributed by atoms with van der Waals surface area (Å²) in [5.41, 5.74) is 2.18. The molecule has 0 aliphatic rings. The molecule has 0 aliphatic carbocycles. The van der Waals surface area contributed by atoms with Gasteiger partial charge in [-0.1, -0.05) is 41.2 Å². The Morgan fingerprint density at radius 2 is 1.81 bits per heavy atom. The molecule has 0 atom stereocenters. The van der Waals surface area contributed by atoms with Crippen molar-refractivity contribution in [1.82, 2.24) is 9.88 Å². The van der Waals surface area contributed by atoms with Crippen LogP contribution in [0.1, 0.15) is 12.0 Å². The maximum Gasteiger partial charge on any atom is 0.239 e. The van der Waals surface area contributed by atoms with Gasteiger partial charge in [0.25, 0.3) is 0 Å². The fraction of sp³-hybridized carbons (Fsp3) is 0.333. The zero-order valence-electron chi connectivity index (χ0n) is 16.0. The minimum atomic E-state index is 0.110. The molecule has 0 fully saturated rings. The highest BCUT2D eigenvalue weighted by molar-refractivity contribution is 8.00. The van der Waals surface area contributed by atoms with Gasteiger partial charge in [0.05, 0.1) is 16.0 Å². The first-order valence-corrected chi connectivity index (χ1v) is 10.8. The quantitative estimate of drug-likeness (QED) is 0.515. The zero-order valence-corrected chi connectivity index (χ0v) is 17.6. The summed E-state index contributed by atoms with van der Waals surface area (Å²) in [7, 11) is 4.11. The third kappa shape index (κ3) is 5.54. The molecule has 0 saturated carbocycles. The van der Waals surface area contributed by atoms with Gasteiger partial charge in [-0.3, -0.25) is 9.69 Å². The summed E-state index contributed by atoms with van der Waals surface area (Å²) in [5.74, 6) is 0.527. The van der Waals surface area contributed by atoms with Crippen molar-refractivity contribution in [1.29, 1.82) is 0 Å². The smallest absolute Gasteiger partial charge is 0.239 e. The number of thioether (sulfide) groups is 1. The summed E-state index contributed by atoms with van der Waals surface area (Å²) < 4.78 is 1.11. The van der Waals surface area contributed by atoms with E-state index in [0.717, 1.165) is 33.2 Å². The van der Waals surface area contributed by atoms with Crippen LogP contribution >= 0.6 is 23.1 Å². The molecular weight excluding hydrogens is 374 g/mol. The third-order valence-corrected chi connectivity index (χ3v) is 6.24. The molecule has 0 unspecified atom stereocenters. The van der Waals surface area contributed by atoms with Crippen LogP contribution in [0.15, 0.2) is 53.4 Å². The van der Waals surface area contributed by atoms with E-state index < -0.39 is 0 Å². The summed E-state index contributed by atoms with van der Waals surface area (Å²) in [6, 6.07) is 16.3. The number of carbonyl (C=O) groups is 1. The molecule has 6 heteroatoms. The Bertz CT molecular complexity index is 857. The molecule has 0 spiro atoms. The summed E-state index contributed by atoms with van der Waals surface area (Å²) in [6.45, 7) is 3.70. The predicted molar refractivity (Wildman–Crippen MR) is 117 cm³/mol. The number of amides is 1. The number of hydrogen-bond acceptors (Lipinski definition) is 5. The molecule has 2 aromatic carbocycles. The van der Waals surface area contributed by atoms with Gasteiger partial charge in [-0.25, -0.2) is 4.98 Å². The third-order valence-electron chi connectivity index (χ3n) is 4.18. The number of hydrogen-bond donors (Lipinski definition) is 0. The highest BCUT2D eigenvalue weighted by Crippen LogP contribution is 2.29. The first kappa shape index (κ1) is 19.9. The number of aryl methyl sites for hydroxylation is 1. The molecule has 0 aliphatic heterocycles. The van der Waals surface area contributed by atoms with Gasteiger partial charge in [-0.2, -0.15) is 0 Å². The molecule has 1 aromatic heterocycles. The van der Waals surface area contributed by atoms with E-state index in [1.54, 1.807) is 23.1 Å². The number of para-hydroxylation sites is 1. The van der Waals surface area contributed by atoms with Crippen LogP contribution in [0.3, 0.4) is 0 Å². The van der Waals surface area contributed by atoms with Gasteiger partial charge < -0.3 is 4.90 Å². The minimum Gasteiger partial charge on any atom is -0.309 e. The van der Waals surface area contributed by atoms with Crippen molar-refractivity contribution in [3.8, 4) is 0 Å². The molecule has 1 amide bonds. The number of fused-ring (bicyclic) bond motifs is 1. The van der Waals surface area contributed by atoms with Gasteiger partial charge in [0.1, 0.15) is 0 Å². The summed E-state index contributed by atoms with van der Waals surface area (Å²) in [5, 5.41) is 0.796. The molecule has 142 valence electrons. The number of anilines is 1. The van der Waals surface area contributed by atoms with Crippen LogP contribution in [-0.4, -0.2) is 48.7 Å². The van der Waals surface area contributed by atoms with Gasteiger partial charge in [-0.05, 0) is 58.3 Å². The lowest BCUT2D eigenvalue weighted by Crippen LogP contribution is -2.34. The van der Waals surface area contributed by atoms with Crippen molar-refractivity contribution < 1.29 is 4.79 Å². The fourth-order valence-corrected chi connectivity index (χ4v) is 4.49. The van der Waals surface area contributed by atoms with E-state index in [0.29, 0.717) is 12.3 Å². The van der Waals surface area contributed by atoms with Crippen LogP contribution in [0.25, 0.3) is 10.2 Å². The van der Waals surface area contributed by atoms with Crippen molar-refractivity contribution in [2.45, 2.75) is 18.2 Å². The van der Waals surface area contributed by atoms with Gasteiger partial charge in [-0.15, -0.1) is 11.8 Å². The Kier molecular flexibility index (Phi) is 6.88. The molecule has 0 saturated heterocycles. The SMILES string of the molecule is Cc1ccc(SCC(=O)N(CCCN(C)C)c2nc3ccccc3s2)cc1. The van der Waals surface area contributed by atoms with E-state index in [-0.39, 0.29) is 5.91 Å². The molecule has 4 nitrogen and oxygen atoms in total. The van der Waals surface area contributed by atoms with Crippen LogP contribution in [0.5, 0.6) is 0 Å². The lowest BCUT2D eigenvalue weighted by molar-refractivity contribution is -0.116. The maximum atomic E-state index is 13.0. The number of thiazole rings is 1. The highest BCUT2D eigenvalue weighted by Gasteiger charge is 2.19. The van der Waals surface area contributed by atoms with Crippen LogP contribution in [-0.2, 0) is 4.79 Å². The molecule has 0 radical (unpaired) electrons. The number of nitrogens with zero attached hydrogens (tertiary/aromatic N) is 3. The van der Waals surface area contributed by atoms with Gasteiger partial charge in [0.2, 0.25) is 5.91 Å². The lowest BCUT2D eigenvalue weighted by atomic mass is 10.2. The number of rotatable bonds is 8. The lowest BCUT2D eigenvalue weighted by Gasteiger charge is -2.21. The Morgan fingerprint density at radius 1 is 1.07 bits per heavy atom. The van der Waals surface area contributed by atoms with Crippen molar-refractivity contribution in [3.05, 3.63) is 54.1 Å². The topological polar surface area (TPSA) is 36.4 Å². The highest BCUT2D eigenvalue weighted by atomic mass is 32.2. The molecular formula is C21H25N3OS2. The van der Waals surface area contributed by atoms with E-state index >= 15 is 0 Å². The standard InChI is InChI=1S/C21H25N3OS2/c1-16-9-11-17(12-10-16)26-15-20(25)24(14-6-13-23(2)3)21-22-18-7-4-5-8-19(18)27-21/h4-5,7-12H,6,13-15H2,1-3H3. The van der Waals surface area contributed by atoms with Crippen molar-refractivity contribution in [2.75, 3.05) is 37.8 Å². The van der Waals surface area contributed by atoms with Crippen molar-refractivity contribution >= 4 is 44.4 Å². The second-order valence-corrected chi connectivity index (χ2v) is 8.83. The molecule has 3 aromatic rings. The van der Waals surface area contributed by atoms with Crippen molar-refractivity contribution in [2.24, 2.45) is 0 Å². The second-order valence-electron chi connectivity index (χ2n) is 6.77. The Morgan fingerprint density at radius 3 is 2.52 bits per heavy atom. The monoisotopic (exact) mass is 399 g/mol. The van der Waals surface area contributed by atoms with E-state index in [1.165, 1.54) is 5.56 Å². The molecule has 0 bridgehead atoms. The van der Waals surface area contributed by atoms with Crippen LogP contribution in [0.2, 0.25) is 0 Å². The molecule has 1 heterocycles. The summed E-state index contributed by atoms with van der Waals surface area (Å²) in [6.07, 6.45) is 0.920. The second kappa shape index (κ2) is 9.35. The van der Waals surface area contributed by atoms with Crippen LogP contribution < -0.4 is 4.90 Å². The van der Waals surface area contributed by atoms with E-state index in [9.17, 15) is 4.79 Å². The fourth-order valence-electron chi connectivity index (χ4n) is 2.71. The van der Waals surface area contributed by atoms with Gasteiger partial charge in [0, 0.05) is 11.4 Å². The van der Waals surface area contributed by atoms with Gasteiger partial charge >= 0.3 is 0 Å². The van der Waals surface area contributed by atoms with E-state index in [4.69, 9.17) is 4.98 Å². The summed E-state index contributed by atoms with van der Waals surface area (Å²) >= 11 is 3.17. The molecule has 0 N–H and O–H groups in total. The van der Waals surface area contributed by atoms with Crippen molar-refractivity contribution in [3.63, 3.8) is 0 Å². The predicted octanol–water partition coefficient (Wildman–Crippen LogP) is 4.68. The molecule has 27 heavy (non-hydrogen) atoms. The first-order chi connectivity index (χ1) is 13.0. The first-order valence-electron chi connectivity index (χ1n) is 9.03. The average molecular weight is 400 g/mol. The van der Waals surface area contributed by atoms with E-state index in [1.807, 2.05) is 23.1 Å². The number of benzene rings is 2. The number of carbonyl (C=O) groups excluding carboxylic acids is 1. The van der Waals surface area contributed by atoms with Gasteiger partial charge in [0.15, 0.2) is 5.13 Å². The molecule has 3 rings (SSSR count). The largest absolute Gasteiger partial charge is 0.309 e. The maximum absolute atomic E-state index is 13.0. The summed E-state index contributed by atoms with van der Waals surface area (Å²) in [4.78, 5) is 22.8. The Hall–Kier alpha value is -1.89. The average Bonchev–Trinajstić information content (AvgIpc) is 3.08. The normalized spacial score (nSPS) is 11.3. The Labute approximate surface area is 169 Å². The van der Waals surface area contributed by atoms with Crippen LogP contribution in [0, 0.1) is 6.92 Å².